The van der Waals surface area contributed by atoms with E-state index in [2.05, 4.69) is 0 Å². The molecule has 0 saturated carbocycles. The molecule has 62 valence electrons. The minimum atomic E-state index is -2.56. The molecule has 1 heterocycles. The SMILES string of the molecule is CCN1CCOCS1(O)O. The Bertz CT molecular complexity index is 119. The van der Waals surface area contributed by atoms with E-state index in [-0.39, 0.29) is 5.94 Å². The van der Waals surface area contributed by atoms with Crippen molar-refractivity contribution in [2.45, 2.75) is 6.92 Å². The number of ether oxygens (including phenoxy) is 1. The van der Waals surface area contributed by atoms with Gasteiger partial charge in [0.05, 0.1) is 6.61 Å². The van der Waals surface area contributed by atoms with Gasteiger partial charge >= 0.3 is 0 Å². The molecule has 1 fully saturated rings. The van der Waals surface area contributed by atoms with Gasteiger partial charge in [0.2, 0.25) is 0 Å². The van der Waals surface area contributed by atoms with E-state index in [0.29, 0.717) is 19.7 Å². The molecule has 0 aromatic rings. The summed E-state index contributed by atoms with van der Waals surface area (Å²) in [6.45, 7) is 3.80. The molecular weight excluding hydrogens is 154 g/mol. The number of hydrogen-bond donors (Lipinski definition) is 2. The van der Waals surface area contributed by atoms with Crippen LogP contribution < -0.4 is 0 Å². The van der Waals surface area contributed by atoms with Crippen molar-refractivity contribution in [3.05, 3.63) is 0 Å². The molecule has 0 bridgehead atoms. The number of nitrogens with zero attached hydrogens (tertiary/aromatic N) is 1. The molecular formula is C5H13NO3S. The molecule has 1 aliphatic rings. The summed E-state index contributed by atoms with van der Waals surface area (Å²) in [5.74, 6) is 0.0703. The highest BCUT2D eigenvalue weighted by molar-refractivity contribution is 8.22. The van der Waals surface area contributed by atoms with Gasteiger partial charge in [0.1, 0.15) is 0 Å². The van der Waals surface area contributed by atoms with Gasteiger partial charge < -0.3 is 4.74 Å². The summed E-state index contributed by atoms with van der Waals surface area (Å²) in [7, 11) is -2.56. The van der Waals surface area contributed by atoms with E-state index in [0.717, 1.165) is 0 Å². The summed E-state index contributed by atoms with van der Waals surface area (Å²) < 4.78 is 25.1. The third-order valence-corrected chi connectivity index (χ3v) is 3.24. The Kier molecular flexibility index (Phi) is 2.54. The molecule has 1 rings (SSSR count). The third kappa shape index (κ3) is 1.62. The molecule has 0 radical (unpaired) electrons. The second-order valence-corrected chi connectivity index (χ2v) is 4.20. The third-order valence-electron chi connectivity index (χ3n) is 1.49. The smallest absolute Gasteiger partial charge is 0.150 e. The van der Waals surface area contributed by atoms with Gasteiger partial charge in [0.15, 0.2) is 5.94 Å². The highest BCUT2D eigenvalue weighted by Gasteiger charge is 2.24. The highest BCUT2D eigenvalue weighted by Crippen LogP contribution is 2.44. The fourth-order valence-corrected chi connectivity index (χ4v) is 2.19. The summed E-state index contributed by atoms with van der Waals surface area (Å²) in [5, 5.41) is 0. The zero-order valence-electron chi connectivity index (χ0n) is 5.99. The lowest BCUT2D eigenvalue weighted by Crippen LogP contribution is -2.37. The van der Waals surface area contributed by atoms with Crippen LogP contribution in [0.5, 0.6) is 0 Å². The largest absolute Gasteiger partial charge is 0.358 e. The highest BCUT2D eigenvalue weighted by atomic mass is 32.3. The van der Waals surface area contributed by atoms with Crippen LogP contribution in [0.1, 0.15) is 6.92 Å². The first kappa shape index (κ1) is 8.29. The minimum Gasteiger partial charge on any atom is -0.358 e. The molecule has 0 aromatic carbocycles. The van der Waals surface area contributed by atoms with Crippen molar-refractivity contribution in [2.75, 3.05) is 25.6 Å². The zero-order valence-corrected chi connectivity index (χ0v) is 6.80. The predicted octanol–water partition coefficient (Wildman–Crippen LogP) is 0.962. The predicted molar refractivity (Wildman–Crippen MR) is 40.9 cm³/mol. The van der Waals surface area contributed by atoms with Gasteiger partial charge in [-0.2, -0.15) is 0 Å². The lowest BCUT2D eigenvalue weighted by Gasteiger charge is -2.44. The Morgan fingerprint density at radius 1 is 1.60 bits per heavy atom. The Balaban J connectivity index is 2.51. The van der Waals surface area contributed by atoms with Gasteiger partial charge in [-0.05, 0) is 0 Å². The number of likely N-dealkylation sites (N-methyl/N-ethyl adjacent to an activating group) is 1. The van der Waals surface area contributed by atoms with Crippen molar-refractivity contribution in [2.24, 2.45) is 0 Å². The molecule has 0 atom stereocenters. The molecule has 0 aliphatic carbocycles. The van der Waals surface area contributed by atoms with Crippen LogP contribution in [-0.4, -0.2) is 39.0 Å². The Hall–Kier alpha value is 0.190. The quantitative estimate of drug-likeness (QED) is 0.610. The summed E-state index contributed by atoms with van der Waals surface area (Å²) in [5.41, 5.74) is 0. The minimum absolute atomic E-state index is 0.0703. The number of hydrogen-bond acceptors (Lipinski definition) is 4. The van der Waals surface area contributed by atoms with Crippen LogP contribution in [-0.2, 0) is 4.74 Å². The van der Waals surface area contributed by atoms with Crippen molar-refractivity contribution < 1.29 is 13.8 Å². The van der Waals surface area contributed by atoms with E-state index < -0.39 is 10.8 Å². The molecule has 1 saturated heterocycles. The van der Waals surface area contributed by atoms with Crippen LogP contribution in [0, 0.1) is 0 Å². The normalized spacial score (nSPS) is 29.9. The second kappa shape index (κ2) is 3.06. The first-order chi connectivity index (χ1) is 4.67. The Morgan fingerprint density at radius 2 is 2.30 bits per heavy atom. The zero-order chi connectivity index (χ0) is 7.61. The molecule has 1 aliphatic heterocycles. The molecule has 0 unspecified atom stereocenters. The first-order valence-corrected chi connectivity index (χ1v) is 4.93. The number of rotatable bonds is 1. The van der Waals surface area contributed by atoms with Crippen molar-refractivity contribution in [1.29, 1.82) is 0 Å². The van der Waals surface area contributed by atoms with Crippen LogP contribution in [0.2, 0.25) is 0 Å². The van der Waals surface area contributed by atoms with Gasteiger partial charge in [0.25, 0.3) is 0 Å². The molecule has 4 nitrogen and oxygen atoms in total. The van der Waals surface area contributed by atoms with Gasteiger partial charge in [-0.3, -0.25) is 9.11 Å². The van der Waals surface area contributed by atoms with E-state index in [1.807, 2.05) is 6.92 Å². The average molecular weight is 167 g/mol. The molecule has 0 aromatic heterocycles. The lowest BCUT2D eigenvalue weighted by molar-refractivity contribution is 0.118. The Morgan fingerprint density at radius 3 is 2.70 bits per heavy atom. The van der Waals surface area contributed by atoms with E-state index in [1.165, 1.54) is 0 Å². The van der Waals surface area contributed by atoms with Crippen molar-refractivity contribution in [3.8, 4) is 0 Å². The summed E-state index contributed by atoms with van der Waals surface area (Å²) >= 11 is 0. The molecule has 5 heteroatoms. The van der Waals surface area contributed by atoms with E-state index in [1.54, 1.807) is 4.31 Å². The van der Waals surface area contributed by atoms with E-state index >= 15 is 0 Å². The average Bonchev–Trinajstić information content (AvgIpc) is 1.87. The van der Waals surface area contributed by atoms with Crippen molar-refractivity contribution in [1.82, 2.24) is 4.31 Å². The monoisotopic (exact) mass is 167 g/mol. The van der Waals surface area contributed by atoms with Crippen LogP contribution in [0.3, 0.4) is 0 Å². The van der Waals surface area contributed by atoms with Crippen LogP contribution >= 0.6 is 10.8 Å². The lowest BCUT2D eigenvalue weighted by atomic mass is 10.6. The second-order valence-electron chi connectivity index (χ2n) is 2.18. The molecule has 0 amide bonds. The fourth-order valence-electron chi connectivity index (χ4n) is 0.923. The molecule has 0 spiro atoms. The van der Waals surface area contributed by atoms with E-state index in [9.17, 15) is 9.11 Å². The fraction of sp³-hybridized carbons (Fsp3) is 1.00. The van der Waals surface area contributed by atoms with Gasteiger partial charge in [-0.25, -0.2) is 4.31 Å². The van der Waals surface area contributed by atoms with Crippen LogP contribution in [0.4, 0.5) is 0 Å². The summed E-state index contributed by atoms with van der Waals surface area (Å²) in [4.78, 5) is 0. The summed E-state index contributed by atoms with van der Waals surface area (Å²) in [6.07, 6.45) is 0. The first-order valence-electron chi connectivity index (χ1n) is 3.25. The maximum atomic E-state index is 9.27. The van der Waals surface area contributed by atoms with Crippen molar-refractivity contribution >= 4 is 10.8 Å². The van der Waals surface area contributed by atoms with Crippen LogP contribution in [0.25, 0.3) is 0 Å². The van der Waals surface area contributed by atoms with Gasteiger partial charge in [-0.1, -0.05) is 6.92 Å². The molecule has 10 heavy (non-hydrogen) atoms. The summed E-state index contributed by atoms with van der Waals surface area (Å²) in [6, 6.07) is 0. The Labute approximate surface area is 62.3 Å². The van der Waals surface area contributed by atoms with Gasteiger partial charge in [-0.15, -0.1) is 10.8 Å². The van der Waals surface area contributed by atoms with E-state index in [4.69, 9.17) is 4.74 Å². The maximum Gasteiger partial charge on any atom is 0.150 e. The van der Waals surface area contributed by atoms with Crippen molar-refractivity contribution in [3.63, 3.8) is 0 Å². The van der Waals surface area contributed by atoms with Crippen LogP contribution in [0.15, 0.2) is 0 Å². The van der Waals surface area contributed by atoms with Gasteiger partial charge in [0, 0.05) is 13.1 Å². The molecule has 2 N–H and O–H groups in total. The topological polar surface area (TPSA) is 52.9 Å². The maximum absolute atomic E-state index is 9.27. The standard InChI is InChI=1S/C5H13NO3S/c1-2-6-3-4-9-5-10(6,7)8/h7-8H,2-5H2,1H3.